The summed E-state index contributed by atoms with van der Waals surface area (Å²) in [7, 11) is -4.14. The number of nitrogens with zero attached hydrogens (tertiary/aromatic N) is 1. The number of hydrogen-bond donors (Lipinski definition) is 1. The summed E-state index contributed by atoms with van der Waals surface area (Å²) in [5, 5.41) is 11.0. The molecule has 0 saturated heterocycles. The van der Waals surface area contributed by atoms with Crippen molar-refractivity contribution in [2.75, 3.05) is 11.3 Å². The van der Waals surface area contributed by atoms with E-state index < -0.39 is 20.9 Å². The van der Waals surface area contributed by atoms with Crippen LogP contribution in [0.1, 0.15) is 12.5 Å². The molecule has 26 heavy (non-hydrogen) atoms. The lowest BCUT2D eigenvalue weighted by Crippen LogP contribution is -2.17. The molecule has 138 valence electrons. The van der Waals surface area contributed by atoms with Gasteiger partial charge in [-0.1, -0.05) is 6.07 Å². The van der Waals surface area contributed by atoms with Gasteiger partial charge in [-0.25, -0.2) is 8.42 Å². The lowest BCUT2D eigenvalue weighted by Gasteiger charge is -2.12. The quantitative estimate of drug-likeness (QED) is 0.276. The van der Waals surface area contributed by atoms with Gasteiger partial charge in [-0.05, 0) is 59.3 Å². The summed E-state index contributed by atoms with van der Waals surface area (Å²) in [4.78, 5) is 21.7. The number of nitro groups is 1. The topological polar surface area (TPSA) is 116 Å². The van der Waals surface area contributed by atoms with Crippen molar-refractivity contribution >= 4 is 50.0 Å². The Morgan fingerprint density at radius 2 is 1.88 bits per heavy atom. The fourth-order valence-corrected chi connectivity index (χ4v) is 3.83. The lowest BCUT2D eigenvalue weighted by atomic mass is 10.1. The third-order valence-corrected chi connectivity index (χ3v) is 5.47. The number of non-ortho nitro benzene ring substituents is 1. The zero-order valence-corrected chi connectivity index (χ0v) is 16.6. The zero-order chi connectivity index (χ0) is 19.3. The molecule has 2 aromatic rings. The number of rotatable bonds is 7. The van der Waals surface area contributed by atoms with E-state index in [0.29, 0.717) is 5.69 Å². The summed E-state index contributed by atoms with van der Waals surface area (Å²) >= 11 is 2.08. The number of benzene rings is 2. The molecule has 0 fully saturated rings. The van der Waals surface area contributed by atoms with E-state index in [-0.39, 0.29) is 29.2 Å². The molecule has 0 spiro atoms. The first kappa shape index (κ1) is 20.1. The molecule has 0 atom stereocenters. The number of carbonyl (C=O) groups excluding carboxylic acids is 1. The first-order valence-corrected chi connectivity index (χ1v) is 10.0. The van der Waals surface area contributed by atoms with Gasteiger partial charge in [0, 0.05) is 21.4 Å². The highest BCUT2D eigenvalue weighted by Gasteiger charge is 2.24. The lowest BCUT2D eigenvalue weighted by molar-refractivity contribution is -0.385. The molecule has 2 aromatic carbocycles. The molecule has 1 N–H and O–H groups in total. The maximum atomic E-state index is 12.7. The van der Waals surface area contributed by atoms with Crippen molar-refractivity contribution in [2.24, 2.45) is 0 Å². The summed E-state index contributed by atoms with van der Waals surface area (Å²) in [5.41, 5.74) is 0.0339. The third-order valence-electron chi connectivity index (χ3n) is 3.29. The van der Waals surface area contributed by atoms with Crippen LogP contribution in [0.2, 0.25) is 0 Å². The number of halogens is 1. The minimum atomic E-state index is -4.14. The monoisotopic (exact) mass is 490 g/mol. The minimum Gasteiger partial charge on any atom is -0.466 e. The number of sulfonamides is 1. The van der Waals surface area contributed by atoms with Crippen molar-refractivity contribution in [3.8, 4) is 0 Å². The number of nitro benzene ring substituents is 1. The van der Waals surface area contributed by atoms with Crippen molar-refractivity contribution < 1.29 is 22.9 Å². The number of esters is 1. The molecular weight excluding hydrogens is 475 g/mol. The highest BCUT2D eigenvalue weighted by Crippen LogP contribution is 2.25. The highest BCUT2D eigenvalue weighted by molar-refractivity contribution is 14.1. The summed E-state index contributed by atoms with van der Waals surface area (Å²) < 4.78 is 33.6. The van der Waals surface area contributed by atoms with E-state index in [4.69, 9.17) is 4.74 Å². The highest BCUT2D eigenvalue weighted by atomic mass is 127. The Balaban J connectivity index is 2.45. The Kier molecular flexibility index (Phi) is 6.53. The van der Waals surface area contributed by atoms with Gasteiger partial charge in [0.2, 0.25) is 0 Å². The van der Waals surface area contributed by atoms with Crippen molar-refractivity contribution in [2.45, 2.75) is 18.2 Å². The van der Waals surface area contributed by atoms with Gasteiger partial charge in [0.05, 0.1) is 22.8 Å². The van der Waals surface area contributed by atoms with Crippen LogP contribution in [0.15, 0.2) is 47.4 Å². The average molecular weight is 490 g/mol. The number of nitrogens with one attached hydrogen (secondary N) is 1. The van der Waals surface area contributed by atoms with Gasteiger partial charge in [0.15, 0.2) is 0 Å². The third kappa shape index (κ3) is 5.14. The van der Waals surface area contributed by atoms with Gasteiger partial charge < -0.3 is 4.74 Å². The standard InChI is InChI=1S/C16H15IN2O6S/c1-2-25-16(20)9-11-3-8-14(19(21)22)10-15(11)26(23,24)18-13-6-4-12(17)5-7-13/h3-8,10,18H,2,9H2,1H3. The predicted molar refractivity (Wildman–Crippen MR) is 103 cm³/mol. The van der Waals surface area contributed by atoms with Crippen molar-refractivity contribution in [3.05, 3.63) is 61.7 Å². The van der Waals surface area contributed by atoms with E-state index in [1.54, 1.807) is 31.2 Å². The molecule has 0 aliphatic carbocycles. The second kappa shape index (κ2) is 8.45. The predicted octanol–water partition coefficient (Wildman–Crippen LogP) is 3.11. The zero-order valence-electron chi connectivity index (χ0n) is 13.6. The van der Waals surface area contributed by atoms with E-state index in [1.807, 2.05) is 0 Å². The molecule has 0 radical (unpaired) electrons. The van der Waals surface area contributed by atoms with Gasteiger partial charge in [-0.15, -0.1) is 0 Å². The van der Waals surface area contributed by atoms with Crippen LogP contribution in [0, 0.1) is 13.7 Å². The Hall–Kier alpha value is -2.21. The number of ether oxygens (including phenoxy) is 1. The summed E-state index contributed by atoms with van der Waals surface area (Å²) in [5.74, 6) is -0.618. The summed E-state index contributed by atoms with van der Waals surface area (Å²) in [6, 6.07) is 9.90. The largest absolute Gasteiger partial charge is 0.466 e. The number of carbonyl (C=O) groups is 1. The van der Waals surface area contributed by atoms with Crippen molar-refractivity contribution in [1.82, 2.24) is 0 Å². The molecule has 0 saturated carbocycles. The molecular formula is C16H15IN2O6S. The second-order valence-corrected chi connectivity index (χ2v) is 8.04. The van der Waals surface area contributed by atoms with Crippen molar-refractivity contribution in [1.29, 1.82) is 0 Å². The van der Waals surface area contributed by atoms with Crippen LogP contribution < -0.4 is 4.72 Å². The smallest absolute Gasteiger partial charge is 0.310 e. The van der Waals surface area contributed by atoms with E-state index in [1.165, 1.54) is 6.07 Å². The molecule has 0 bridgehead atoms. The minimum absolute atomic E-state index is 0.118. The molecule has 0 heterocycles. The van der Waals surface area contributed by atoms with Crippen LogP contribution >= 0.6 is 22.6 Å². The Bertz CT molecular complexity index is 928. The maximum absolute atomic E-state index is 12.7. The van der Waals surface area contributed by atoms with E-state index in [2.05, 4.69) is 27.3 Å². The molecule has 10 heteroatoms. The van der Waals surface area contributed by atoms with Crippen LogP contribution in [0.25, 0.3) is 0 Å². The Morgan fingerprint density at radius 3 is 2.46 bits per heavy atom. The molecule has 8 nitrogen and oxygen atoms in total. The first-order chi connectivity index (χ1) is 12.2. The normalized spacial score (nSPS) is 11.0. The molecule has 0 aliphatic rings. The molecule has 0 aromatic heterocycles. The van der Waals surface area contributed by atoms with Gasteiger partial charge >= 0.3 is 5.97 Å². The van der Waals surface area contributed by atoms with Gasteiger partial charge in [0.1, 0.15) is 0 Å². The second-order valence-electron chi connectivity index (χ2n) is 5.14. The fraction of sp³-hybridized carbons (Fsp3) is 0.188. The van der Waals surface area contributed by atoms with Gasteiger partial charge in [-0.2, -0.15) is 0 Å². The Labute approximate surface area is 163 Å². The molecule has 0 aliphatic heterocycles. The average Bonchev–Trinajstić information content (AvgIpc) is 2.57. The molecule has 0 unspecified atom stereocenters. The van der Waals surface area contributed by atoms with Crippen molar-refractivity contribution in [3.63, 3.8) is 0 Å². The van der Waals surface area contributed by atoms with Crippen LogP contribution in [0.5, 0.6) is 0 Å². The van der Waals surface area contributed by atoms with E-state index in [9.17, 15) is 23.3 Å². The molecule has 0 amide bonds. The number of anilines is 1. The van der Waals surface area contributed by atoms with Crippen LogP contribution in [0.3, 0.4) is 0 Å². The van der Waals surface area contributed by atoms with Gasteiger partial charge in [0.25, 0.3) is 15.7 Å². The maximum Gasteiger partial charge on any atom is 0.310 e. The summed E-state index contributed by atoms with van der Waals surface area (Å²) in [6.07, 6.45) is -0.311. The SMILES string of the molecule is CCOC(=O)Cc1ccc([N+](=O)[O-])cc1S(=O)(=O)Nc1ccc(I)cc1. The Morgan fingerprint density at radius 1 is 1.23 bits per heavy atom. The fourth-order valence-electron chi connectivity index (χ4n) is 2.15. The van der Waals surface area contributed by atoms with E-state index >= 15 is 0 Å². The van der Waals surface area contributed by atoms with Crippen LogP contribution in [0.4, 0.5) is 11.4 Å². The van der Waals surface area contributed by atoms with Crippen LogP contribution in [-0.4, -0.2) is 25.9 Å². The first-order valence-electron chi connectivity index (χ1n) is 7.44. The molecule has 2 rings (SSSR count). The van der Waals surface area contributed by atoms with E-state index in [0.717, 1.165) is 15.7 Å². The van der Waals surface area contributed by atoms with Gasteiger partial charge in [-0.3, -0.25) is 19.6 Å². The number of hydrogen-bond acceptors (Lipinski definition) is 6. The van der Waals surface area contributed by atoms with Crippen LogP contribution in [-0.2, 0) is 26.0 Å². The summed E-state index contributed by atoms with van der Waals surface area (Å²) in [6.45, 7) is 1.78.